The molecule has 3 heterocycles. The maximum atomic E-state index is 12.3. The quantitative estimate of drug-likeness (QED) is 0.864. The van der Waals surface area contributed by atoms with E-state index in [9.17, 15) is 8.78 Å². The van der Waals surface area contributed by atoms with Gasteiger partial charge in [-0.25, -0.2) is 4.98 Å². The summed E-state index contributed by atoms with van der Waals surface area (Å²) in [6.45, 7) is -1.08. The smallest absolute Gasteiger partial charge is 0.388 e. The molecule has 0 radical (unpaired) electrons. The van der Waals surface area contributed by atoms with Crippen LogP contribution in [0.15, 0.2) is 36.8 Å². The van der Waals surface area contributed by atoms with Gasteiger partial charge < -0.3 is 19.7 Å². The first-order valence-corrected chi connectivity index (χ1v) is 8.08. The van der Waals surface area contributed by atoms with Crippen LogP contribution in [0.3, 0.4) is 0 Å². The molecule has 1 aliphatic heterocycles. The van der Waals surface area contributed by atoms with Crippen molar-refractivity contribution in [3.05, 3.63) is 36.8 Å². The van der Waals surface area contributed by atoms with Crippen molar-refractivity contribution in [3.8, 4) is 11.6 Å². The molecule has 0 bridgehead atoms. The van der Waals surface area contributed by atoms with E-state index in [1.807, 2.05) is 0 Å². The molecule has 0 aromatic carbocycles. The molecule has 0 atom stereocenters. The Labute approximate surface area is 144 Å². The van der Waals surface area contributed by atoms with Crippen LogP contribution in [0.25, 0.3) is 0 Å². The number of anilines is 2. The molecule has 1 fully saturated rings. The Morgan fingerprint density at radius 3 is 2.64 bits per heavy atom. The van der Waals surface area contributed by atoms with E-state index >= 15 is 0 Å². The molecule has 8 heteroatoms. The van der Waals surface area contributed by atoms with Gasteiger partial charge in [0.2, 0.25) is 5.88 Å². The molecule has 0 aliphatic carbocycles. The van der Waals surface area contributed by atoms with Gasteiger partial charge in [-0.2, -0.15) is 8.78 Å². The number of hydrogen-bond acceptors (Lipinski definition) is 6. The highest BCUT2D eigenvalue weighted by Gasteiger charge is 2.25. The predicted molar refractivity (Wildman–Crippen MR) is 89.7 cm³/mol. The average Bonchev–Trinajstić information content (AvgIpc) is 2.64. The number of hydrogen-bond donors (Lipinski definition) is 1. The third kappa shape index (κ3) is 4.14. The molecule has 6 nitrogen and oxygen atoms in total. The van der Waals surface area contributed by atoms with Crippen LogP contribution in [-0.4, -0.2) is 42.8 Å². The second kappa shape index (κ2) is 8.06. The summed E-state index contributed by atoms with van der Waals surface area (Å²) in [6.07, 6.45) is 6.82. The number of halogens is 2. The fourth-order valence-electron chi connectivity index (χ4n) is 3.01. The second-order valence-electron chi connectivity index (χ2n) is 5.63. The molecular weight excluding hydrogens is 330 g/mol. The van der Waals surface area contributed by atoms with Gasteiger partial charge in [0.15, 0.2) is 0 Å². The zero-order valence-corrected chi connectivity index (χ0v) is 13.9. The highest BCUT2D eigenvalue weighted by atomic mass is 19.3. The van der Waals surface area contributed by atoms with Crippen LogP contribution in [0.5, 0.6) is 11.6 Å². The maximum absolute atomic E-state index is 12.3. The highest BCUT2D eigenvalue weighted by Crippen LogP contribution is 2.36. The second-order valence-corrected chi connectivity index (χ2v) is 5.63. The lowest BCUT2D eigenvalue weighted by molar-refractivity contribution is -0.0528. The minimum Gasteiger partial charge on any atom is -0.494 e. The van der Waals surface area contributed by atoms with Gasteiger partial charge in [-0.1, -0.05) is 0 Å². The van der Waals surface area contributed by atoms with E-state index in [-0.39, 0.29) is 11.9 Å². The van der Waals surface area contributed by atoms with Crippen LogP contribution >= 0.6 is 0 Å². The molecule has 2 aromatic rings. The average molecular weight is 350 g/mol. The van der Waals surface area contributed by atoms with E-state index in [4.69, 9.17) is 4.74 Å². The third-order valence-electron chi connectivity index (χ3n) is 4.12. The molecule has 0 unspecified atom stereocenters. The van der Waals surface area contributed by atoms with Crippen molar-refractivity contribution in [2.24, 2.45) is 0 Å². The topological polar surface area (TPSA) is 59.5 Å². The summed E-state index contributed by atoms with van der Waals surface area (Å²) in [7, 11) is 1.61. The minimum absolute atomic E-state index is 0.109. The van der Waals surface area contributed by atoms with E-state index in [0.717, 1.165) is 37.3 Å². The monoisotopic (exact) mass is 350 g/mol. The van der Waals surface area contributed by atoms with Gasteiger partial charge >= 0.3 is 6.61 Å². The Morgan fingerprint density at radius 2 is 2.00 bits per heavy atom. The summed E-state index contributed by atoms with van der Waals surface area (Å²) in [5.74, 6) is 0.587. The Morgan fingerprint density at radius 1 is 1.20 bits per heavy atom. The van der Waals surface area contributed by atoms with Crippen molar-refractivity contribution in [1.29, 1.82) is 0 Å². The Hall–Kier alpha value is -2.48. The standard InChI is InChI=1S/C17H20F2N4O2/c1-24-15-6-9-21-11-14(15)23(12-4-7-20-8-5-12)13-2-3-16(22-10-13)25-17(18)19/h2-3,6,9-12,17,20H,4-5,7-8H2,1H3. The van der Waals surface area contributed by atoms with Crippen molar-refractivity contribution in [2.45, 2.75) is 25.5 Å². The zero-order valence-electron chi connectivity index (χ0n) is 13.9. The molecule has 1 aliphatic rings. The van der Waals surface area contributed by atoms with Crippen LogP contribution in [-0.2, 0) is 0 Å². The number of nitrogens with one attached hydrogen (secondary N) is 1. The van der Waals surface area contributed by atoms with Gasteiger partial charge in [0, 0.05) is 24.4 Å². The zero-order chi connectivity index (χ0) is 17.6. The fourth-order valence-corrected chi connectivity index (χ4v) is 3.01. The molecule has 134 valence electrons. The summed E-state index contributed by atoms with van der Waals surface area (Å²) in [4.78, 5) is 10.3. The minimum atomic E-state index is -2.89. The Bertz CT molecular complexity index is 679. The first kappa shape index (κ1) is 17.3. The van der Waals surface area contributed by atoms with E-state index in [1.54, 1.807) is 31.6 Å². The molecule has 1 N–H and O–H groups in total. The van der Waals surface area contributed by atoms with E-state index < -0.39 is 6.61 Å². The van der Waals surface area contributed by atoms with E-state index in [1.165, 1.54) is 12.3 Å². The van der Waals surface area contributed by atoms with Gasteiger partial charge in [-0.3, -0.25) is 4.98 Å². The third-order valence-corrected chi connectivity index (χ3v) is 4.12. The van der Waals surface area contributed by atoms with Crippen molar-refractivity contribution >= 4 is 11.4 Å². The normalized spacial score (nSPS) is 15.2. The van der Waals surface area contributed by atoms with Crippen molar-refractivity contribution in [1.82, 2.24) is 15.3 Å². The molecule has 1 saturated heterocycles. The molecule has 2 aromatic heterocycles. The maximum Gasteiger partial charge on any atom is 0.388 e. The Balaban J connectivity index is 1.96. The SMILES string of the molecule is COc1ccncc1N(c1ccc(OC(F)F)nc1)C1CCNCC1. The number of rotatable bonds is 6. The van der Waals surface area contributed by atoms with Gasteiger partial charge in [-0.05, 0) is 32.0 Å². The van der Waals surface area contributed by atoms with E-state index in [0.29, 0.717) is 5.75 Å². The summed E-state index contributed by atoms with van der Waals surface area (Å²) in [6, 6.07) is 5.19. The number of nitrogens with zero attached hydrogens (tertiary/aromatic N) is 3. The lowest BCUT2D eigenvalue weighted by Crippen LogP contribution is -2.41. The fraction of sp³-hybridized carbons (Fsp3) is 0.412. The number of pyridine rings is 2. The highest BCUT2D eigenvalue weighted by molar-refractivity contribution is 5.69. The van der Waals surface area contributed by atoms with Gasteiger partial charge in [0.1, 0.15) is 11.4 Å². The molecule has 25 heavy (non-hydrogen) atoms. The molecule has 0 amide bonds. The van der Waals surface area contributed by atoms with Crippen LogP contribution in [0.4, 0.5) is 20.2 Å². The largest absolute Gasteiger partial charge is 0.494 e. The Kier molecular flexibility index (Phi) is 5.60. The number of methoxy groups -OCH3 is 1. The summed E-state index contributed by atoms with van der Waals surface area (Å²) >= 11 is 0. The first-order valence-electron chi connectivity index (χ1n) is 8.08. The molecular formula is C17H20F2N4O2. The van der Waals surface area contributed by atoms with Crippen LogP contribution in [0, 0.1) is 0 Å². The van der Waals surface area contributed by atoms with E-state index in [2.05, 4.69) is 24.9 Å². The van der Waals surface area contributed by atoms with Crippen molar-refractivity contribution in [3.63, 3.8) is 0 Å². The van der Waals surface area contributed by atoms with Crippen LogP contribution in [0.2, 0.25) is 0 Å². The lowest BCUT2D eigenvalue weighted by Gasteiger charge is -2.36. The first-order chi connectivity index (χ1) is 12.2. The number of alkyl halides is 2. The lowest BCUT2D eigenvalue weighted by atomic mass is 10.0. The molecule has 0 spiro atoms. The van der Waals surface area contributed by atoms with Gasteiger partial charge in [0.05, 0.1) is 25.2 Å². The van der Waals surface area contributed by atoms with Crippen LogP contribution in [0.1, 0.15) is 12.8 Å². The van der Waals surface area contributed by atoms with Gasteiger partial charge in [-0.15, -0.1) is 0 Å². The van der Waals surface area contributed by atoms with Crippen molar-refractivity contribution < 1.29 is 18.3 Å². The van der Waals surface area contributed by atoms with Crippen LogP contribution < -0.4 is 19.7 Å². The number of piperidine rings is 1. The molecule has 3 rings (SSSR count). The predicted octanol–water partition coefficient (Wildman–Crippen LogP) is 2.98. The van der Waals surface area contributed by atoms with Crippen molar-refractivity contribution in [2.75, 3.05) is 25.1 Å². The van der Waals surface area contributed by atoms with Gasteiger partial charge in [0.25, 0.3) is 0 Å². The molecule has 0 saturated carbocycles. The number of ether oxygens (including phenoxy) is 2. The summed E-state index contributed by atoms with van der Waals surface area (Å²) in [5, 5.41) is 3.34. The number of aromatic nitrogens is 2. The summed E-state index contributed by atoms with van der Waals surface area (Å²) in [5.41, 5.74) is 1.60. The summed E-state index contributed by atoms with van der Waals surface area (Å²) < 4.78 is 34.5.